The normalized spacial score (nSPS) is 16.9. The zero-order chi connectivity index (χ0) is 28.7. The lowest BCUT2D eigenvalue weighted by Crippen LogP contribution is -2.47. The average Bonchev–Trinajstić information content (AvgIpc) is 3.24. The van der Waals surface area contributed by atoms with Crippen LogP contribution in [-0.4, -0.2) is 50.7 Å². The monoisotopic (exact) mass is 589 g/mol. The van der Waals surface area contributed by atoms with Crippen molar-refractivity contribution in [3.05, 3.63) is 110 Å². The molecule has 0 aliphatic carbocycles. The lowest BCUT2D eigenvalue weighted by atomic mass is 10.2. The first-order valence-corrected chi connectivity index (χ1v) is 14.3. The molecular weight excluding hydrogens is 564 g/mol. The number of benzene rings is 2. The zero-order valence-electron chi connectivity index (χ0n) is 22.1. The number of carbonyl (C=O) groups is 1. The Labute approximate surface area is 244 Å². The molecule has 2 aromatic heterocycles. The van der Waals surface area contributed by atoms with Gasteiger partial charge < -0.3 is 9.80 Å². The van der Waals surface area contributed by atoms with Gasteiger partial charge in [-0.25, -0.2) is 13.8 Å². The fraction of sp³-hybridized carbons (Fsp3) is 0.200. The highest BCUT2D eigenvalue weighted by Gasteiger charge is 2.33. The number of thiocarbonyl (C=S) groups is 1. The SMILES string of the molecule is Cc1cccn2c(=O)c(/C=C3/SC(=S)N(Cc4ccc(F)cc4)C3=O)c(N3CCN(c4ccc(F)cc4)CC3)nc12. The summed E-state index contributed by atoms with van der Waals surface area (Å²) in [5.41, 5.74) is 3.11. The second-order valence-electron chi connectivity index (χ2n) is 9.88. The second kappa shape index (κ2) is 11.1. The van der Waals surface area contributed by atoms with Gasteiger partial charge in [0.25, 0.3) is 11.5 Å². The third kappa shape index (κ3) is 5.34. The fourth-order valence-corrected chi connectivity index (χ4v) is 6.27. The van der Waals surface area contributed by atoms with Crippen LogP contribution in [0.4, 0.5) is 20.3 Å². The van der Waals surface area contributed by atoms with Crippen molar-refractivity contribution in [2.45, 2.75) is 13.5 Å². The molecule has 0 saturated carbocycles. The largest absolute Gasteiger partial charge is 0.368 e. The third-order valence-corrected chi connectivity index (χ3v) is 8.62. The quantitative estimate of drug-likeness (QED) is 0.240. The van der Waals surface area contributed by atoms with Gasteiger partial charge in [-0.05, 0) is 66.6 Å². The van der Waals surface area contributed by atoms with Gasteiger partial charge in [-0.15, -0.1) is 0 Å². The Balaban J connectivity index is 1.34. The molecule has 1 amide bonds. The van der Waals surface area contributed by atoms with E-state index in [9.17, 15) is 18.4 Å². The van der Waals surface area contributed by atoms with E-state index in [0.717, 1.165) is 28.6 Å². The van der Waals surface area contributed by atoms with Crippen LogP contribution < -0.4 is 15.4 Å². The summed E-state index contributed by atoms with van der Waals surface area (Å²) in [4.78, 5) is 38.2. The molecule has 0 radical (unpaired) electrons. The molecule has 7 nitrogen and oxygen atoms in total. The molecule has 6 rings (SSSR count). The zero-order valence-corrected chi connectivity index (χ0v) is 23.7. The van der Waals surface area contributed by atoms with Crippen molar-refractivity contribution in [2.24, 2.45) is 0 Å². The minimum atomic E-state index is -0.357. The Kier molecular flexibility index (Phi) is 7.31. The van der Waals surface area contributed by atoms with Crippen molar-refractivity contribution < 1.29 is 13.6 Å². The topological polar surface area (TPSA) is 61.2 Å². The first kappa shape index (κ1) is 27.1. The summed E-state index contributed by atoms with van der Waals surface area (Å²) in [5.74, 6) is -0.446. The Hall–Kier alpha value is -4.09. The number of fused-ring (bicyclic) bond motifs is 1. The second-order valence-corrected chi connectivity index (χ2v) is 11.6. The number of aromatic nitrogens is 2. The highest BCUT2D eigenvalue weighted by molar-refractivity contribution is 8.26. The van der Waals surface area contributed by atoms with Crippen LogP contribution >= 0.6 is 24.0 Å². The minimum Gasteiger partial charge on any atom is -0.368 e. The summed E-state index contributed by atoms with van der Waals surface area (Å²) in [6, 6.07) is 16.0. The summed E-state index contributed by atoms with van der Waals surface area (Å²) >= 11 is 6.63. The minimum absolute atomic E-state index is 0.203. The maximum absolute atomic E-state index is 13.8. The van der Waals surface area contributed by atoms with Crippen LogP contribution in [0, 0.1) is 18.6 Å². The molecule has 0 N–H and O–H groups in total. The highest BCUT2D eigenvalue weighted by atomic mass is 32.2. The summed E-state index contributed by atoms with van der Waals surface area (Å²) in [6.07, 6.45) is 3.26. The molecular formula is C30H25F2N5O2S2. The molecule has 4 heterocycles. The molecule has 208 valence electrons. The predicted octanol–water partition coefficient (Wildman–Crippen LogP) is 5.01. The maximum atomic E-state index is 13.8. The molecule has 0 atom stereocenters. The van der Waals surface area contributed by atoms with Crippen molar-refractivity contribution in [3.63, 3.8) is 0 Å². The van der Waals surface area contributed by atoms with Gasteiger partial charge in [-0.2, -0.15) is 0 Å². The lowest BCUT2D eigenvalue weighted by Gasteiger charge is -2.37. The number of hydrogen-bond acceptors (Lipinski definition) is 7. The Morgan fingerprint density at radius 1 is 0.927 bits per heavy atom. The maximum Gasteiger partial charge on any atom is 0.267 e. The van der Waals surface area contributed by atoms with E-state index >= 15 is 0 Å². The van der Waals surface area contributed by atoms with Gasteiger partial charge in [0.1, 0.15) is 27.4 Å². The number of halogens is 2. The number of anilines is 2. The van der Waals surface area contributed by atoms with Crippen molar-refractivity contribution in [1.29, 1.82) is 0 Å². The molecule has 2 aliphatic heterocycles. The summed E-state index contributed by atoms with van der Waals surface area (Å²) in [6.45, 7) is 4.57. The Bertz CT molecular complexity index is 1750. The number of piperazine rings is 1. The van der Waals surface area contributed by atoms with E-state index in [1.807, 2.05) is 13.0 Å². The van der Waals surface area contributed by atoms with Crippen LogP contribution in [0.1, 0.15) is 16.7 Å². The van der Waals surface area contributed by atoms with E-state index in [2.05, 4.69) is 9.80 Å². The molecule has 41 heavy (non-hydrogen) atoms. The van der Waals surface area contributed by atoms with Gasteiger partial charge in [0.05, 0.1) is 17.0 Å². The van der Waals surface area contributed by atoms with E-state index in [-0.39, 0.29) is 29.6 Å². The van der Waals surface area contributed by atoms with E-state index in [0.29, 0.717) is 52.4 Å². The van der Waals surface area contributed by atoms with Crippen molar-refractivity contribution in [1.82, 2.24) is 14.3 Å². The predicted molar refractivity (Wildman–Crippen MR) is 162 cm³/mol. The van der Waals surface area contributed by atoms with E-state index in [1.165, 1.54) is 33.6 Å². The van der Waals surface area contributed by atoms with Crippen LogP contribution in [0.25, 0.3) is 11.7 Å². The highest BCUT2D eigenvalue weighted by Crippen LogP contribution is 2.35. The van der Waals surface area contributed by atoms with Crippen molar-refractivity contribution >= 4 is 57.4 Å². The standard InChI is InChI=1S/C30H25F2N5O2S2/c1-19-3-2-12-36-26(19)33-27(35-15-13-34(14-16-35)23-10-8-22(32)9-11-23)24(28(36)38)17-25-29(39)37(30(40)41-25)18-20-4-6-21(31)7-5-20/h2-12,17H,13-16,18H2,1H3/b25-17+. The van der Waals surface area contributed by atoms with Gasteiger partial charge in [-0.1, -0.05) is 42.2 Å². The van der Waals surface area contributed by atoms with Crippen LogP contribution in [0.2, 0.25) is 0 Å². The molecule has 2 aliphatic rings. The first-order chi connectivity index (χ1) is 19.8. The number of thioether (sulfide) groups is 1. The number of hydrogen-bond donors (Lipinski definition) is 0. The molecule has 2 fully saturated rings. The van der Waals surface area contributed by atoms with Crippen LogP contribution in [-0.2, 0) is 11.3 Å². The van der Waals surface area contributed by atoms with Crippen LogP contribution in [0.3, 0.4) is 0 Å². The fourth-order valence-electron chi connectivity index (χ4n) is 5.04. The van der Waals surface area contributed by atoms with Crippen LogP contribution in [0.15, 0.2) is 76.6 Å². The molecule has 0 unspecified atom stereocenters. The van der Waals surface area contributed by atoms with E-state index < -0.39 is 0 Å². The van der Waals surface area contributed by atoms with Gasteiger partial charge in [0, 0.05) is 38.1 Å². The molecule has 0 bridgehead atoms. The molecule has 4 aromatic rings. The summed E-state index contributed by atoms with van der Waals surface area (Å²) in [7, 11) is 0. The van der Waals surface area contributed by atoms with Crippen molar-refractivity contribution in [2.75, 3.05) is 36.0 Å². The van der Waals surface area contributed by atoms with Crippen molar-refractivity contribution in [3.8, 4) is 0 Å². The third-order valence-electron chi connectivity index (χ3n) is 7.24. The number of rotatable bonds is 5. The molecule has 11 heteroatoms. The van der Waals surface area contributed by atoms with Gasteiger partial charge in [-0.3, -0.25) is 18.9 Å². The Morgan fingerprint density at radius 3 is 2.24 bits per heavy atom. The summed E-state index contributed by atoms with van der Waals surface area (Å²) in [5, 5.41) is 0. The van der Waals surface area contributed by atoms with Gasteiger partial charge >= 0.3 is 0 Å². The first-order valence-electron chi connectivity index (χ1n) is 13.1. The number of amides is 1. The number of pyridine rings is 1. The summed E-state index contributed by atoms with van der Waals surface area (Å²) < 4.78 is 28.7. The van der Waals surface area contributed by atoms with E-state index in [1.54, 1.807) is 42.6 Å². The molecule has 0 spiro atoms. The number of aryl methyl sites for hydroxylation is 1. The van der Waals surface area contributed by atoms with Crippen LogP contribution in [0.5, 0.6) is 0 Å². The number of nitrogens with zero attached hydrogens (tertiary/aromatic N) is 5. The van der Waals surface area contributed by atoms with E-state index in [4.69, 9.17) is 17.2 Å². The van der Waals surface area contributed by atoms with Gasteiger partial charge in [0.2, 0.25) is 0 Å². The lowest BCUT2D eigenvalue weighted by molar-refractivity contribution is -0.122. The van der Waals surface area contributed by atoms with Gasteiger partial charge in [0.15, 0.2) is 0 Å². The molecule has 2 saturated heterocycles. The molecule has 2 aromatic carbocycles. The smallest absolute Gasteiger partial charge is 0.267 e. The average molecular weight is 590 g/mol. The Morgan fingerprint density at radius 2 is 1.56 bits per heavy atom. The number of carbonyl (C=O) groups excluding carboxylic acids is 1.